The minimum absolute atomic E-state index is 0.0685. The van der Waals surface area contributed by atoms with Gasteiger partial charge in [-0.05, 0) is 55.8 Å². The summed E-state index contributed by atoms with van der Waals surface area (Å²) in [6.07, 6.45) is 6.33. The first-order chi connectivity index (χ1) is 8.83. The van der Waals surface area contributed by atoms with Crippen LogP contribution in [0.3, 0.4) is 0 Å². The zero-order valence-electron chi connectivity index (χ0n) is 12.8. The molecule has 4 atom stereocenters. The number of rotatable bonds is 4. The average molecular weight is 264 g/mol. The van der Waals surface area contributed by atoms with Gasteiger partial charge < -0.3 is 10.6 Å². The van der Waals surface area contributed by atoms with Crippen LogP contribution in [0.5, 0.6) is 0 Å². The maximum absolute atomic E-state index is 12.1. The molecule has 0 aromatic carbocycles. The number of hydrogen-bond acceptors (Lipinski definition) is 2. The molecule has 0 heterocycles. The number of fused-ring (bicyclic) bond motifs is 2. The maximum atomic E-state index is 12.1. The summed E-state index contributed by atoms with van der Waals surface area (Å²) < 4.78 is 0. The predicted octanol–water partition coefficient (Wildman–Crippen LogP) is 2.46. The molecular formula is C16H28N2O. The summed E-state index contributed by atoms with van der Waals surface area (Å²) >= 11 is 0. The molecular weight excluding hydrogens is 236 g/mol. The summed E-state index contributed by atoms with van der Waals surface area (Å²) in [7, 11) is 0. The van der Waals surface area contributed by atoms with Crippen molar-refractivity contribution in [2.45, 2.75) is 77.9 Å². The molecule has 0 aromatic heterocycles. The SMILES string of the molecule is CC(NC1C2(C)CCC(C2)C1(C)C)C(=O)NC1CC1. The first-order valence-corrected chi connectivity index (χ1v) is 7.89. The summed E-state index contributed by atoms with van der Waals surface area (Å²) in [6, 6.07) is 0.861. The fraction of sp³-hybridized carbons (Fsp3) is 0.938. The Balaban J connectivity index is 1.66. The van der Waals surface area contributed by atoms with Crippen molar-refractivity contribution in [2.75, 3.05) is 0 Å². The molecule has 3 rings (SSSR count). The Morgan fingerprint density at radius 2 is 1.89 bits per heavy atom. The monoisotopic (exact) mass is 264 g/mol. The Kier molecular flexibility index (Phi) is 2.97. The molecule has 0 aromatic rings. The van der Waals surface area contributed by atoms with Crippen molar-refractivity contribution < 1.29 is 4.79 Å². The standard InChI is InChI=1S/C16H28N2O/c1-10(13(19)18-12-5-6-12)17-14-15(2,3)11-7-8-16(14,4)9-11/h10-12,14,17H,5-9H2,1-4H3,(H,18,19). The van der Waals surface area contributed by atoms with Crippen LogP contribution in [0.15, 0.2) is 0 Å². The van der Waals surface area contributed by atoms with Gasteiger partial charge in [0.1, 0.15) is 0 Å². The van der Waals surface area contributed by atoms with E-state index in [0.717, 1.165) is 18.8 Å². The van der Waals surface area contributed by atoms with Crippen LogP contribution in [0.25, 0.3) is 0 Å². The smallest absolute Gasteiger partial charge is 0.237 e. The third kappa shape index (κ3) is 2.20. The molecule has 2 N–H and O–H groups in total. The Hall–Kier alpha value is -0.570. The molecule has 3 heteroatoms. The van der Waals surface area contributed by atoms with E-state index in [1.165, 1.54) is 19.3 Å². The molecule has 4 unspecified atom stereocenters. The lowest BCUT2D eigenvalue weighted by Gasteiger charge is -2.44. The molecule has 0 radical (unpaired) electrons. The van der Waals surface area contributed by atoms with E-state index >= 15 is 0 Å². The van der Waals surface area contributed by atoms with Crippen molar-refractivity contribution in [1.82, 2.24) is 10.6 Å². The van der Waals surface area contributed by atoms with Gasteiger partial charge in [-0.1, -0.05) is 20.8 Å². The van der Waals surface area contributed by atoms with Gasteiger partial charge in [-0.3, -0.25) is 4.79 Å². The fourth-order valence-corrected chi connectivity index (χ4v) is 4.60. The Morgan fingerprint density at radius 1 is 1.21 bits per heavy atom. The minimum atomic E-state index is -0.0685. The second-order valence-electron chi connectivity index (χ2n) is 8.02. The van der Waals surface area contributed by atoms with E-state index in [0.29, 0.717) is 22.9 Å². The van der Waals surface area contributed by atoms with Gasteiger partial charge in [0, 0.05) is 12.1 Å². The van der Waals surface area contributed by atoms with Crippen LogP contribution in [-0.4, -0.2) is 24.0 Å². The Labute approximate surface area is 116 Å². The van der Waals surface area contributed by atoms with Gasteiger partial charge in [-0.2, -0.15) is 0 Å². The Bertz CT molecular complexity index is 383. The molecule has 3 aliphatic carbocycles. The summed E-state index contributed by atoms with van der Waals surface area (Å²) in [5.74, 6) is 1.01. The number of hydrogen-bond donors (Lipinski definition) is 2. The van der Waals surface area contributed by atoms with Gasteiger partial charge in [0.05, 0.1) is 6.04 Å². The molecule has 3 fully saturated rings. The highest BCUT2D eigenvalue weighted by atomic mass is 16.2. The van der Waals surface area contributed by atoms with Crippen LogP contribution in [0.1, 0.15) is 59.8 Å². The molecule has 3 nitrogen and oxygen atoms in total. The van der Waals surface area contributed by atoms with Crippen molar-refractivity contribution >= 4 is 5.91 Å². The molecule has 108 valence electrons. The van der Waals surface area contributed by atoms with Crippen LogP contribution in [0.2, 0.25) is 0 Å². The van der Waals surface area contributed by atoms with E-state index < -0.39 is 0 Å². The van der Waals surface area contributed by atoms with Crippen molar-refractivity contribution in [1.29, 1.82) is 0 Å². The maximum Gasteiger partial charge on any atom is 0.237 e. The average Bonchev–Trinajstić information content (AvgIpc) is 3.01. The normalized spacial score (nSPS) is 41.3. The van der Waals surface area contributed by atoms with Crippen LogP contribution < -0.4 is 10.6 Å². The lowest BCUT2D eigenvalue weighted by molar-refractivity contribution is -0.123. The zero-order valence-corrected chi connectivity index (χ0v) is 12.8. The molecule has 0 spiro atoms. The fourth-order valence-electron chi connectivity index (χ4n) is 4.60. The first-order valence-electron chi connectivity index (χ1n) is 7.89. The van der Waals surface area contributed by atoms with Gasteiger partial charge in [-0.25, -0.2) is 0 Å². The van der Waals surface area contributed by atoms with Crippen LogP contribution in [0, 0.1) is 16.7 Å². The van der Waals surface area contributed by atoms with E-state index in [2.05, 4.69) is 31.4 Å². The van der Waals surface area contributed by atoms with Gasteiger partial charge in [0.15, 0.2) is 0 Å². The molecule has 0 aliphatic heterocycles. The third-order valence-electron chi connectivity index (χ3n) is 6.00. The first kappa shape index (κ1) is 13.4. The summed E-state index contributed by atoms with van der Waals surface area (Å²) in [6.45, 7) is 9.19. The van der Waals surface area contributed by atoms with Gasteiger partial charge >= 0.3 is 0 Å². The van der Waals surface area contributed by atoms with Crippen LogP contribution in [-0.2, 0) is 4.79 Å². The van der Waals surface area contributed by atoms with Crippen molar-refractivity contribution in [3.8, 4) is 0 Å². The van der Waals surface area contributed by atoms with Gasteiger partial charge in [0.2, 0.25) is 5.91 Å². The van der Waals surface area contributed by atoms with E-state index in [4.69, 9.17) is 0 Å². The van der Waals surface area contributed by atoms with Crippen molar-refractivity contribution in [2.24, 2.45) is 16.7 Å². The number of nitrogens with one attached hydrogen (secondary N) is 2. The second kappa shape index (κ2) is 4.21. The predicted molar refractivity (Wildman–Crippen MR) is 76.8 cm³/mol. The molecule has 19 heavy (non-hydrogen) atoms. The zero-order chi connectivity index (χ0) is 13.8. The van der Waals surface area contributed by atoms with E-state index in [-0.39, 0.29) is 11.9 Å². The topological polar surface area (TPSA) is 41.1 Å². The van der Waals surface area contributed by atoms with Crippen molar-refractivity contribution in [3.63, 3.8) is 0 Å². The molecule has 2 bridgehead atoms. The lowest BCUT2D eigenvalue weighted by atomic mass is 9.68. The molecule has 0 saturated heterocycles. The van der Waals surface area contributed by atoms with E-state index in [1.54, 1.807) is 0 Å². The highest BCUT2D eigenvalue weighted by Gasteiger charge is 2.59. The third-order valence-corrected chi connectivity index (χ3v) is 6.00. The number of amides is 1. The molecule has 3 saturated carbocycles. The quantitative estimate of drug-likeness (QED) is 0.819. The summed E-state index contributed by atoms with van der Waals surface area (Å²) in [4.78, 5) is 12.1. The van der Waals surface area contributed by atoms with Gasteiger partial charge in [-0.15, -0.1) is 0 Å². The highest BCUT2D eigenvalue weighted by Crippen LogP contribution is 2.62. The molecule has 1 amide bonds. The molecule has 3 aliphatic rings. The van der Waals surface area contributed by atoms with E-state index in [1.807, 2.05) is 6.92 Å². The lowest BCUT2D eigenvalue weighted by Crippen LogP contribution is -2.56. The highest BCUT2D eigenvalue weighted by molar-refractivity contribution is 5.81. The van der Waals surface area contributed by atoms with E-state index in [9.17, 15) is 4.79 Å². The number of carbonyl (C=O) groups is 1. The largest absolute Gasteiger partial charge is 0.352 e. The summed E-state index contributed by atoms with van der Waals surface area (Å²) in [5, 5.41) is 6.77. The van der Waals surface area contributed by atoms with Crippen LogP contribution in [0.4, 0.5) is 0 Å². The Morgan fingerprint density at radius 3 is 2.42 bits per heavy atom. The van der Waals surface area contributed by atoms with Gasteiger partial charge in [0.25, 0.3) is 0 Å². The summed E-state index contributed by atoms with van der Waals surface area (Å²) in [5.41, 5.74) is 0.712. The minimum Gasteiger partial charge on any atom is -0.352 e. The second-order valence-corrected chi connectivity index (χ2v) is 8.02. The van der Waals surface area contributed by atoms with Crippen molar-refractivity contribution in [3.05, 3.63) is 0 Å². The van der Waals surface area contributed by atoms with Crippen LogP contribution >= 0.6 is 0 Å². The number of carbonyl (C=O) groups excluding carboxylic acids is 1.